The predicted molar refractivity (Wildman–Crippen MR) is 91.8 cm³/mol. The molecule has 0 saturated carbocycles. The minimum Gasteiger partial charge on any atom is -0.297 e. The average Bonchev–Trinajstić information content (AvgIpc) is 2.99. The van der Waals surface area contributed by atoms with Crippen molar-refractivity contribution < 1.29 is 8.42 Å². The summed E-state index contributed by atoms with van der Waals surface area (Å²) in [6.07, 6.45) is 2.00. The summed E-state index contributed by atoms with van der Waals surface area (Å²) >= 11 is 0. The van der Waals surface area contributed by atoms with Gasteiger partial charge in [0.25, 0.3) is 15.6 Å². The van der Waals surface area contributed by atoms with Crippen LogP contribution >= 0.6 is 0 Å². The van der Waals surface area contributed by atoms with Crippen LogP contribution in [0.5, 0.6) is 0 Å². The highest BCUT2D eigenvalue weighted by atomic mass is 32.2. The first-order chi connectivity index (χ1) is 11.3. The van der Waals surface area contributed by atoms with Crippen LogP contribution in [-0.4, -0.2) is 22.6 Å². The molecule has 0 radical (unpaired) electrons. The Bertz CT molecular complexity index is 1060. The number of anilines is 1. The number of nitrogens with one attached hydrogen (secondary N) is 1. The number of hydrogen-bond donors (Lipinski definition) is 1. The highest BCUT2D eigenvalue weighted by Crippen LogP contribution is 2.19. The molecule has 0 unspecified atom stereocenters. The van der Waals surface area contributed by atoms with E-state index in [1.54, 1.807) is 19.2 Å². The van der Waals surface area contributed by atoms with Crippen molar-refractivity contribution in [3.05, 3.63) is 58.3 Å². The zero-order valence-corrected chi connectivity index (χ0v) is 14.5. The lowest BCUT2D eigenvalue weighted by molar-refractivity contribution is 0.601. The molecule has 0 aliphatic carbocycles. The van der Waals surface area contributed by atoms with Gasteiger partial charge < -0.3 is 0 Å². The molecule has 0 spiro atoms. The Labute approximate surface area is 139 Å². The van der Waals surface area contributed by atoms with Gasteiger partial charge in [-0.1, -0.05) is 24.6 Å². The molecule has 0 amide bonds. The fraction of sp³-hybridized carbons (Fsp3) is 0.250. The van der Waals surface area contributed by atoms with E-state index in [1.807, 2.05) is 26.0 Å². The largest absolute Gasteiger partial charge is 0.297 e. The first kappa shape index (κ1) is 16.3. The minimum atomic E-state index is -3.79. The van der Waals surface area contributed by atoms with E-state index in [-0.39, 0.29) is 16.0 Å². The maximum atomic E-state index is 12.6. The van der Waals surface area contributed by atoms with Crippen molar-refractivity contribution in [1.29, 1.82) is 0 Å². The third-order valence-electron chi connectivity index (χ3n) is 3.78. The van der Waals surface area contributed by atoms with Crippen LogP contribution in [0.15, 0.2) is 46.2 Å². The van der Waals surface area contributed by atoms with Gasteiger partial charge in [0.2, 0.25) is 0 Å². The topological polar surface area (TPSA) is 85.5 Å². The maximum Gasteiger partial charge on any atom is 0.290 e. The fourth-order valence-corrected chi connectivity index (χ4v) is 3.55. The zero-order chi connectivity index (χ0) is 17.5. The summed E-state index contributed by atoms with van der Waals surface area (Å²) in [5.41, 5.74) is 1.45. The monoisotopic (exact) mass is 346 g/mol. The van der Waals surface area contributed by atoms with E-state index >= 15 is 0 Å². The highest BCUT2D eigenvalue weighted by molar-refractivity contribution is 7.92. The molecular weight excluding hydrogens is 328 g/mol. The molecular formula is C16H18N4O3S. The third kappa shape index (κ3) is 2.80. The van der Waals surface area contributed by atoms with Crippen molar-refractivity contribution in [2.24, 2.45) is 7.05 Å². The van der Waals surface area contributed by atoms with Gasteiger partial charge in [-0.2, -0.15) is 5.10 Å². The Morgan fingerprint density at radius 2 is 1.88 bits per heavy atom. The van der Waals surface area contributed by atoms with E-state index in [4.69, 9.17) is 0 Å². The summed E-state index contributed by atoms with van der Waals surface area (Å²) in [4.78, 5) is 12.2. The second-order valence-corrected chi connectivity index (χ2v) is 7.28. The first-order valence-electron chi connectivity index (χ1n) is 7.49. The number of nitrogens with zero attached hydrogens (tertiary/aromatic N) is 3. The molecule has 0 aliphatic heterocycles. The summed E-state index contributed by atoms with van der Waals surface area (Å²) in [6, 6.07) is 8.41. The molecule has 126 valence electrons. The Morgan fingerprint density at radius 1 is 1.21 bits per heavy atom. The number of benzene rings is 1. The summed E-state index contributed by atoms with van der Waals surface area (Å²) in [7, 11) is -2.24. The van der Waals surface area contributed by atoms with Gasteiger partial charge in [-0.3, -0.25) is 13.9 Å². The smallest absolute Gasteiger partial charge is 0.290 e. The van der Waals surface area contributed by atoms with Crippen LogP contribution < -0.4 is 10.3 Å². The van der Waals surface area contributed by atoms with Gasteiger partial charge in [0.1, 0.15) is 16.2 Å². The lowest BCUT2D eigenvalue weighted by Crippen LogP contribution is -2.23. The Kier molecular flexibility index (Phi) is 3.92. The van der Waals surface area contributed by atoms with Crippen molar-refractivity contribution >= 4 is 21.2 Å². The van der Waals surface area contributed by atoms with E-state index in [2.05, 4.69) is 9.82 Å². The molecule has 0 bridgehead atoms. The lowest BCUT2D eigenvalue weighted by Gasteiger charge is -2.06. The summed E-state index contributed by atoms with van der Waals surface area (Å²) in [5.74, 6) is 0.615. The van der Waals surface area contributed by atoms with Crippen molar-refractivity contribution in [3.8, 4) is 0 Å². The quantitative estimate of drug-likeness (QED) is 0.779. The van der Waals surface area contributed by atoms with Crippen molar-refractivity contribution in [2.45, 2.75) is 25.2 Å². The lowest BCUT2D eigenvalue weighted by atomic mass is 10.2. The van der Waals surface area contributed by atoms with Gasteiger partial charge in [-0.05, 0) is 25.1 Å². The van der Waals surface area contributed by atoms with E-state index in [0.29, 0.717) is 17.9 Å². The van der Waals surface area contributed by atoms with Crippen LogP contribution in [0.1, 0.15) is 18.3 Å². The third-order valence-corrected chi connectivity index (χ3v) is 5.13. The second-order valence-electron chi connectivity index (χ2n) is 5.60. The molecule has 2 aromatic heterocycles. The number of aryl methyl sites for hydroxylation is 3. The normalized spacial score (nSPS) is 11.8. The predicted octanol–water partition coefficient (Wildman–Crippen LogP) is 1.70. The molecule has 0 saturated heterocycles. The number of rotatable bonds is 4. The molecule has 24 heavy (non-hydrogen) atoms. The molecule has 7 nitrogen and oxygen atoms in total. The summed E-state index contributed by atoms with van der Waals surface area (Å²) in [5, 5.41) is 4.16. The van der Waals surface area contributed by atoms with Crippen molar-refractivity contribution in [2.75, 3.05) is 4.72 Å². The maximum absolute atomic E-state index is 12.6. The molecule has 1 aromatic carbocycles. The Hall–Kier alpha value is -2.61. The molecule has 0 aliphatic rings. The van der Waals surface area contributed by atoms with Gasteiger partial charge >= 0.3 is 0 Å². The van der Waals surface area contributed by atoms with Crippen LogP contribution in [-0.2, 0) is 23.5 Å². The van der Waals surface area contributed by atoms with Crippen molar-refractivity contribution in [3.63, 3.8) is 0 Å². The molecule has 3 rings (SSSR count). The number of hydrogen-bond acceptors (Lipinski definition) is 4. The van der Waals surface area contributed by atoms with E-state index in [0.717, 1.165) is 5.56 Å². The van der Waals surface area contributed by atoms with Gasteiger partial charge in [0.05, 0.1) is 0 Å². The van der Waals surface area contributed by atoms with E-state index in [9.17, 15) is 13.2 Å². The van der Waals surface area contributed by atoms with Crippen LogP contribution in [0.2, 0.25) is 0 Å². The molecule has 1 N–H and O–H groups in total. The number of fused-ring (bicyclic) bond motifs is 1. The summed E-state index contributed by atoms with van der Waals surface area (Å²) < 4.78 is 30.5. The molecule has 2 heterocycles. The SMILES string of the molecule is CCc1nn(C)c(=O)c2cc(S(=O)(=O)Nc3ccc(C)cc3)cn12. The minimum absolute atomic E-state index is 0.0304. The van der Waals surface area contributed by atoms with Gasteiger partial charge in [0.15, 0.2) is 0 Å². The van der Waals surface area contributed by atoms with Crippen LogP contribution in [0, 0.1) is 6.92 Å². The van der Waals surface area contributed by atoms with Gasteiger partial charge in [-0.25, -0.2) is 13.1 Å². The molecule has 3 aromatic rings. The van der Waals surface area contributed by atoms with Crippen LogP contribution in [0.3, 0.4) is 0 Å². The average molecular weight is 346 g/mol. The summed E-state index contributed by atoms with van der Waals surface area (Å²) in [6.45, 7) is 3.82. The van der Waals surface area contributed by atoms with Gasteiger partial charge in [0, 0.05) is 25.4 Å². The Morgan fingerprint density at radius 3 is 2.50 bits per heavy atom. The van der Waals surface area contributed by atoms with E-state index in [1.165, 1.54) is 21.3 Å². The van der Waals surface area contributed by atoms with Gasteiger partial charge in [-0.15, -0.1) is 0 Å². The molecule has 0 fully saturated rings. The molecule has 0 atom stereocenters. The van der Waals surface area contributed by atoms with Crippen LogP contribution in [0.25, 0.3) is 5.52 Å². The second kappa shape index (κ2) is 5.79. The van der Waals surface area contributed by atoms with E-state index < -0.39 is 10.0 Å². The standard InChI is InChI=1S/C16H18N4O3S/c1-4-15-17-19(3)16(21)14-9-13(10-20(14)15)24(22,23)18-12-7-5-11(2)6-8-12/h5-10,18H,4H2,1-3H3. The Balaban J connectivity index is 2.10. The van der Waals surface area contributed by atoms with Crippen LogP contribution in [0.4, 0.5) is 5.69 Å². The zero-order valence-electron chi connectivity index (χ0n) is 13.6. The fourth-order valence-electron chi connectivity index (χ4n) is 2.47. The molecule has 8 heteroatoms. The highest BCUT2D eigenvalue weighted by Gasteiger charge is 2.19. The van der Waals surface area contributed by atoms with Crippen molar-refractivity contribution in [1.82, 2.24) is 14.2 Å². The number of sulfonamides is 1. The first-order valence-corrected chi connectivity index (χ1v) is 8.98. The number of aromatic nitrogens is 3.